The van der Waals surface area contributed by atoms with Crippen LogP contribution in [0, 0.1) is 5.82 Å². The highest BCUT2D eigenvalue weighted by atomic mass is 35.5. The predicted octanol–water partition coefficient (Wildman–Crippen LogP) is 4.03. The normalized spacial score (nSPS) is 14.9. The molecule has 0 bridgehead atoms. The van der Waals surface area contributed by atoms with Crippen LogP contribution >= 0.6 is 11.6 Å². The Bertz CT molecular complexity index is 840. The van der Waals surface area contributed by atoms with Crippen LogP contribution in [-0.4, -0.2) is 42.8 Å². The number of ketones is 1. The van der Waals surface area contributed by atoms with Crippen molar-refractivity contribution in [3.63, 3.8) is 0 Å². The van der Waals surface area contributed by atoms with Gasteiger partial charge in [-0.05, 0) is 37.6 Å². The fourth-order valence-electron chi connectivity index (χ4n) is 3.29. The molecule has 0 saturated carbocycles. The predicted molar refractivity (Wildman–Crippen MR) is 101 cm³/mol. The lowest BCUT2D eigenvalue weighted by Crippen LogP contribution is -2.35. The molecular weight excluding hydrogens is 355 g/mol. The second-order valence-electron chi connectivity index (χ2n) is 6.30. The molecule has 0 radical (unpaired) electrons. The van der Waals surface area contributed by atoms with Gasteiger partial charge in [0, 0.05) is 26.2 Å². The number of carbonyl (C=O) groups is 2. The molecule has 4 nitrogen and oxygen atoms in total. The summed E-state index contributed by atoms with van der Waals surface area (Å²) in [5, 5.41) is 0.433. The van der Waals surface area contributed by atoms with Crippen molar-refractivity contribution in [3.05, 3.63) is 64.4 Å². The molecule has 0 N–H and O–H groups in total. The number of amides is 1. The third-order valence-corrected chi connectivity index (χ3v) is 4.90. The first-order valence-corrected chi connectivity index (χ1v) is 8.95. The van der Waals surface area contributed by atoms with Crippen LogP contribution in [0.3, 0.4) is 0 Å². The molecule has 3 rings (SSSR count). The molecule has 0 aliphatic carbocycles. The minimum atomic E-state index is -0.511. The van der Waals surface area contributed by atoms with Gasteiger partial charge in [-0.25, -0.2) is 4.39 Å². The van der Waals surface area contributed by atoms with Crippen molar-refractivity contribution in [2.75, 3.05) is 31.1 Å². The molecule has 1 fully saturated rings. The van der Waals surface area contributed by atoms with Crippen LogP contribution in [0.4, 0.5) is 10.1 Å². The molecule has 1 saturated heterocycles. The molecule has 26 heavy (non-hydrogen) atoms. The monoisotopic (exact) mass is 374 g/mol. The van der Waals surface area contributed by atoms with Gasteiger partial charge in [-0.2, -0.15) is 0 Å². The van der Waals surface area contributed by atoms with Crippen molar-refractivity contribution < 1.29 is 14.0 Å². The summed E-state index contributed by atoms with van der Waals surface area (Å²) in [6.07, 6.45) is 0.726. The molecule has 0 atom stereocenters. The highest BCUT2D eigenvalue weighted by Crippen LogP contribution is 2.26. The molecule has 2 aromatic rings. The van der Waals surface area contributed by atoms with Crippen molar-refractivity contribution >= 4 is 29.0 Å². The second kappa shape index (κ2) is 7.87. The number of hydrogen-bond donors (Lipinski definition) is 0. The highest BCUT2D eigenvalue weighted by Gasteiger charge is 2.24. The van der Waals surface area contributed by atoms with Gasteiger partial charge in [-0.15, -0.1) is 0 Å². The smallest absolute Gasteiger partial charge is 0.255 e. The van der Waals surface area contributed by atoms with Gasteiger partial charge in [0.1, 0.15) is 5.82 Å². The summed E-state index contributed by atoms with van der Waals surface area (Å²) in [5.74, 6) is -0.918. The van der Waals surface area contributed by atoms with Gasteiger partial charge in [0.25, 0.3) is 5.91 Å². The van der Waals surface area contributed by atoms with E-state index < -0.39 is 5.82 Å². The van der Waals surface area contributed by atoms with Gasteiger partial charge in [-0.3, -0.25) is 9.59 Å². The molecule has 0 unspecified atom stereocenters. The third-order valence-electron chi connectivity index (χ3n) is 4.57. The fraction of sp³-hybridized carbons (Fsp3) is 0.300. The molecule has 0 spiro atoms. The van der Waals surface area contributed by atoms with E-state index in [0.717, 1.165) is 6.42 Å². The summed E-state index contributed by atoms with van der Waals surface area (Å²) >= 11 is 6.14. The van der Waals surface area contributed by atoms with Crippen LogP contribution in [-0.2, 0) is 0 Å². The number of anilines is 1. The van der Waals surface area contributed by atoms with E-state index in [9.17, 15) is 14.0 Å². The number of Topliss-reactive ketones (excluding diaryl/α,β-unsaturated/α-hetero) is 1. The van der Waals surface area contributed by atoms with Crippen LogP contribution in [0.5, 0.6) is 0 Å². The summed E-state index contributed by atoms with van der Waals surface area (Å²) in [6.45, 7) is 3.62. The Labute approximate surface area is 157 Å². The van der Waals surface area contributed by atoms with E-state index in [-0.39, 0.29) is 17.3 Å². The van der Waals surface area contributed by atoms with Crippen molar-refractivity contribution in [1.29, 1.82) is 0 Å². The van der Waals surface area contributed by atoms with Crippen molar-refractivity contribution in [1.82, 2.24) is 4.90 Å². The molecule has 2 aromatic carbocycles. The summed E-state index contributed by atoms with van der Waals surface area (Å²) < 4.78 is 14.1. The number of benzene rings is 2. The largest absolute Gasteiger partial charge is 0.369 e. The maximum Gasteiger partial charge on any atom is 0.255 e. The van der Waals surface area contributed by atoms with Gasteiger partial charge in [0.2, 0.25) is 0 Å². The molecule has 1 heterocycles. The first-order valence-electron chi connectivity index (χ1n) is 8.57. The first-order chi connectivity index (χ1) is 12.5. The lowest BCUT2D eigenvalue weighted by molar-refractivity contribution is 0.0767. The maximum atomic E-state index is 14.1. The minimum absolute atomic E-state index is 0.108. The first kappa shape index (κ1) is 18.4. The van der Waals surface area contributed by atoms with Gasteiger partial charge >= 0.3 is 0 Å². The Morgan fingerprint density at radius 3 is 2.50 bits per heavy atom. The summed E-state index contributed by atoms with van der Waals surface area (Å²) in [6, 6.07) is 11.6. The van der Waals surface area contributed by atoms with Gasteiger partial charge in [0.05, 0.1) is 21.8 Å². The van der Waals surface area contributed by atoms with E-state index in [1.54, 1.807) is 41.3 Å². The average Bonchev–Trinajstić information content (AvgIpc) is 2.87. The van der Waals surface area contributed by atoms with E-state index in [4.69, 9.17) is 11.6 Å². The Balaban J connectivity index is 1.79. The number of hydrogen-bond acceptors (Lipinski definition) is 3. The van der Waals surface area contributed by atoms with E-state index in [1.807, 2.05) is 4.90 Å². The molecule has 136 valence electrons. The zero-order valence-electron chi connectivity index (χ0n) is 14.5. The molecule has 1 amide bonds. The lowest BCUT2D eigenvalue weighted by Gasteiger charge is -2.25. The maximum absolute atomic E-state index is 14.1. The summed E-state index contributed by atoms with van der Waals surface area (Å²) in [5.41, 5.74) is 1.18. The number of halogens is 2. The fourth-order valence-corrected chi connectivity index (χ4v) is 3.51. The Kier molecular flexibility index (Phi) is 5.57. The quantitative estimate of drug-likeness (QED) is 0.761. The van der Waals surface area contributed by atoms with Crippen molar-refractivity contribution in [2.45, 2.75) is 13.3 Å². The molecular formula is C20H20ClFN2O2. The number of carbonyl (C=O) groups excluding carboxylic acids is 2. The summed E-state index contributed by atoms with van der Waals surface area (Å²) in [7, 11) is 0. The van der Waals surface area contributed by atoms with E-state index in [0.29, 0.717) is 42.5 Å². The van der Waals surface area contributed by atoms with Gasteiger partial charge in [0.15, 0.2) is 5.78 Å². The Hall–Kier alpha value is -2.40. The van der Waals surface area contributed by atoms with Crippen LogP contribution < -0.4 is 4.90 Å². The highest BCUT2D eigenvalue weighted by molar-refractivity contribution is 6.33. The van der Waals surface area contributed by atoms with E-state index in [2.05, 4.69) is 0 Å². The topological polar surface area (TPSA) is 40.6 Å². The molecule has 1 aliphatic heterocycles. The number of nitrogens with zero attached hydrogens (tertiary/aromatic N) is 2. The minimum Gasteiger partial charge on any atom is -0.369 e. The Morgan fingerprint density at radius 2 is 1.77 bits per heavy atom. The number of rotatable bonds is 3. The van der Waals surface area contributed by atoms with Gasteiger partial charge < -0.3 is 9.80 Å². The van der Waals surface area contributed by atoms with Gasteiger partial charge in [-0.1, -0.05) is 29.8 Å². The van der Waals surface area contributed by atoms with Crippen LogP contribution in [0.15, 0.2) is 42.5 Å². The molecule has 1 aliphatic rings. The molecule has 0 aromatic heterocycles. The standard InChI is InChI=1S/C20H20ClFN2O2/c1-14(25)19-17(22)8-4-9-18(19)23-10-5-11-24(13-12-23)20(26)15-6-2-3-7-16(15)21/h2-4,6-9H,5,10-13H2,1H3. The summed E-state index contributed by atoms with van der Waals surface area (Å²) in [4.78, 5) is 28.3. The third kappa shape index (κ3) is 3.73. The zero-order chi connectivity index (χ0) is 18.7. The lowest BCUT2D eigenvalue weighted by atomic mass is 10.1. The van der Waals surface area contributed by atoms with Crippen molar-refractivity contribution in [3.8, 4) is 0 Å². The van der Waals surface area contributed by atoms with Crippen LogP contribution in [0.1, 0.15) is 34.1 Å². The Morgan fingerprint density at radius 1 is 1.00 bits per heavy atom. The van der Waals surface area contributed by atoms with Crippen LogP contribution in [0.2, 0.25) is 5.02 Å². The van der Waals surface area contributed by atoms with Crippen LogP contribution in [0.25, 0.3) is 0 Å². The second-order valence-corrected chi connectivity index (χ2v) is 6.71. The van der Waals surface area contributed by atoms with E-state index in [1.165, 1.54) is 13.0 Å². The van der Waals surface area contributed by atoms with Crippen molar-refractivity contribution in [2.24, 2.45) is 0 Å². The average molecular weight is 375 g/mol. The molecule has 6 heteroatoms. The zero-order valence-corrected chi connectivity index (χ0v) is 15.3. The SMILES string of the molecule is CC(=O)c1c(F)cccc1N1CCCN(C(=O)c2ccccc2Cl)CC1. The van der Waals surface area contributed by atoms with E-state index >= 15 is 0 Å².